The molecule has 1 aliphatic heterocycles. The number of aliphatic hydroxyl groups is 4. The van der Waals surface area contributed by atoms with Gasteiger partial charge in [-0.1, -0.05) is 0 Å². The minimum absolute atomic E-state index is 0.391. The number of aliphatic hydroxyl groups excluding tert-OH is 4. The Morgan fingerprint density at radius 3 is 2.41 bits per heavy atom. The van der Waals surface area contributed by atoms with Crippen molar-refractivity contribution in [2.45, 2.75) is 24.4 Å². The zero-order chi connectivity index (χ0) is 13.0. The maximum absolute atomic E-state index is 11.3. The van der Waals surface area contributed by atoms with Crippen LogP contribution in [0.4, 0.5) is 0 Å². The Balaban J connectivity index is 2.64. The number of cyclic esters (lactones) is 1. The molecule has 1 saturated heterocycles. The van der Waals surface area contributed by atoms with Crippen molar-refractivity contribution in [3.05, 3.63) is 0 Å². The first-order chi connectivity index (χ1) is 8.01. The Kier molecular flexibility index (Phi) is 4.97. The van der Waals surface area contributed by atoms with Crippen molar-refractivity contribution in [1.82, 2.24) is 0 Å². The first kappa shape index (κ1) is 14.0. The standard InChI is InChI=1S/C9H14O8/c10-1-4(12)3-16-8-6(14)9(15)17-7(8)5(13)2-11/h4-5,7-8,10-13H,1-3H2. The number of Topliss-reactive ketones (excluding diaryl/α,β-unsaturated/α-hetero) is 1. The van der Waals surface area contributed by atoms with Gasteiger partial charge in [-0.25, -0.2) is 4.79 Å². The van der Waals surface area contributed by atoms with E-state index in [1.165, 1.54) is 0 Å². The van der Waals surface area contributed by atoms with E-state index < -0.39 is 56.0 Å². The summed E-state index contributed by atoms with van der Waals surface area (Å²) in [6, 6.07) is 0. The monoisotopic (exact) mass is 250 g/mol. The van der Waals surface area contributed by atoms with Gasteiger partial charge in [0.2, 0.25) is 0 Å². The highest BCUT2D eigenvalue weighted by molar-refractivity contribution is 6.37. The van der Waals surface area contributed by atoms with Crippen molar-refractivity contribution in [3.8, 4) is 0 Å². The average Bonchev–Trinajstić information content (AvgIpc) is 2.62. The van der Waals surface area contributed by atoms with Gasteiger partial charge in [-0.15, -0.1) is 0 Å². The van der Waals surface area contributed by atoms with Crippen LogP contribution in [0.5, 0.6) is 0 Å². The first-order valence-corrected chi connectivity index (χ1v) is 4.95. The van der Waals surface area contributed by atoms with Crippen LogP contribution in [0.2, 0.25) is 0 Å². The molecule has 8 nitrogen and oxygen atoms in total. The van der Waals surface area contributed by atoms with Crippen LogP contribution in [0, 0.1) is 0 Å². The lowest BCUT2D eigenvalue weighted by Gasteiger charge is -2.21. The summed E-state index contributed by atoms with van der Waals surface area (Å²) in [6.45, 7) is -1.66. The number of hydrogen-bond acceptors (Lipinski definition) is 8. The summed E-state index contributed by atoms with van der Waals surface area (Å²) in [5, 5.41) is 35.6. The van der Waals surface area contributed by atoms with Crippen LogP contribution < -0.4 is 0 Å². The lowest BCUT2D eigenvalue weighted by atomic mass is 10.1. The largest absolute Gasteiger partial charge is 0.450 e. The Bertz CT molecular complexity index is 291. The molecule has 0 radical (unpaired) electrons. The zero-order valence-electron chi connectivity index (χ0n) is 8.85. The molecule has 0 aliphatic carbocycles. The fourth-order valence-electron chi connectivity index (χ4n) is 1.33. The van der Waals surface area contributed by atoms with Crippen LogP contribution in [0.3, 0.4) is 0 Å². The van der Waals surface area contributed by atoms with Crippen LogP contribution in [0.1, 0.15) is 0 Å². The van der Waals surface area contributed by atoms with E-state index in [4.69, 9.17) is 20.1 Å². The fraction of sp³-hybridized carbons (Fsp3) is 0.778. The summed E-state index contributed by atoms with van der Waals surface area (Å²) in [7, 11) is 0. The van der Waals surface area contributed by atoms with Crippen molar-refractivity contribution in [2.75, 3.05) is 19.8 Å². The molecule has 0 aromatic rings. The van der Waals surface area contributed by atoms with Gasteiger partial charge in [0, 0.05) is 0 Å². The zero-order valence-corrected chi connectivity index (χ0v) is 8.85. The van der Waals surface area contributed by atoms with Gasteiger partial charge in [-0.05, 0) is 0 Å². The third kappa shape index (κ3) is 3.20. The molecule has 0 spiro atoms. The number of rotatable bonds is 6. The van der Waals surface area contributed by atoms with Crippen molar-refractivity contribution in [1.29, 1.82) is 0 Å². The van der Waals surface area contributed by atoms with Crippen LogP contribution in [0.15, 0.2) is 0 Å². The van der Waals surface area contributed by atoms with E-state index >= 15 is 0 Å². The molecular formula is C9H14O8. The lowest BCUT2D eigenvalue weighted by Crippen LogP contribution is -2.42. The number of ether oxygens (including phenoxy) is 2. The van der Waals surface area contributed by atoms with Crippen LogP contribution in [-0.2, 0) is 19.1 Å². The third-order valence-electron chi connectivity index (χ3n) is 2.25. The molecule has 8 heteroatoms. The second kappa shape index (κ2) is 6.03. The second-order valence-corrected chi connectivity index (χ2v) is 3.57. The van der Waals surface area contributed by atoms with Gasteiger partial charge in [0.1, 0.15) is 12.2 Å². The van der Waals surface area contributed by atoms with Gasteiger partial charge in [0.25, 0.3) is 5.78 Å². The van der Waals surface area contributed by atoms with Crippen molar-refractivity contribution in [3.63, 3.8) is 0 Å². The predicted octanol–water partition coefficient (Wildman–Crippen LogP) is -3.43. The number of carbonyl (C=O) groups excluding carboxylic acids is 2. The van der Waals surface area contributed by atoms with Crippen molar-refractivity contribution in [2.24, 2.45) is 0 Å². The average molecular weight is 250 g/mol. The van der Waals surface area contributed by atoms with E-state index in [2.05, 4.69) is 4.74 Å². The molecule has 0 aromatic carbocycles. The highest BCUT2D eigenvalue weighted by atomic mass is 16.6. The predicted molar refractivity (Wildman–Crippen MR) is 50.8 cm³/mol. The second-order valence-electron chi connectivity index (χ2n) is 3.57. The quantitative estimate of drug-likeness (QED) is 0.283. The molecule has 1 rings (SSSR count). The summed E-state index contributed by atoms with van der Waals surface area (Å²) in [6.07, 6.45) is -5.33. The summed E-state index contributed by atoms with van der Waals surface area (Å²) in [5.41, 5.74) is 0. The molecule has 1 aliphatic rings. The van der Waals surface area contributed by atoms with E-state index in [0.29, 0.717) is 0 Å². The normalized spacial score (nSPS) is 28.0. The number of hydrogen-bond donors (Lipinski definition) is 4. The molecule has 0 bridgehead atoms. The maximum atomic E-state index is 11.3. The minimum Gasteiger partial charge on any atom is -0.450 e. The summed E-state index contributed by atoms with van der Waals surface area (Å²) < 4.78 is 9.43. The van der Waals surface area contributed by atoms with E-state index in [-0.39, 0.29) is 0 Å². The molecule has 1 heterocycles. The molecule has 4 atom stereocenters. The van der Waals surface area contributed by atoms with Gasteiger partial charge in [-0.2, -0.15) is 0 Å². The molecule has 0 saturated carbocycles. The number of ketones is 1. The highest BCUT2D eigenvalue weighted by Crippen LogP contribution is 2.19. The van der Waals surface area contributed by atoms with Crippen molar-refractivity contribution >= 4 is 11.8 Å². The fourth-order valence-corrected chi connectivity index (χ4v) is 1.33. The molecule has 1 fully saturated rings. The first-order valence-electron chi connectivity index (χ1n) is 4.95. The number of esters is 1. The summed E-state index contributed by atoms with van der Waals surface area (Å²) in [5.74, 6) is -2.15. The topological polar surface area (TPSA) is 134 Å². The Morgan fingerprint density at radius 2 is 1.88 bits per heavy atom. The lowest BCUT2D eigenvalue weighted by molar-refractivity contribution is -0.152. The molecule has 0 amide bonds. The molecule has 98 valence electrons. The van der Waals surface area contributed by atoms with Gasteiger partial charge in [-0.3, -0.25) is 4.79 Å². The van der Waals surface area contributed by atoms with E-state index in [1.54, 1.807) is 0 Å². The molecule has 4 N–H and O–H groups in total. The summed E-state index contributed by atoms with van der Waals surface area (Å²) >= 11 is 0. The Hall–Kier alpha value is -1.06. The van der Waals surface area contributed by atoms with Crippen LogP contribution in [0.25, 0.3) is 0 Å². The summed E-state index contributed by atoms with van der Waals surface area (Å²) in [4.78, 5) is 22.3. The van der Waals surface area contributed by atoms with Gasteiger partial charge in [0.15, 0.2) is 12.2 Å². The Labute approximate surface area is 96.4 Å². The van der Waals surface area contributed by atoms with Crippen molar-refractivity contribution < 1.29 is 39.5 Å². The number of carbonyl (C=O) groups is 2. The SMILES string of the molecule is O=C1OC(C(O)CO)C(OCC(O)CO)C1=O. The van der Waals surface area contributed by atoms with Gasteiger partial charge < -0.3 is 29.9 Å². The van der Waals surface area contributed by atoms with Crippen LogP contribution >= 0.6 is 0 Å². The highest BCUT2D eigenvalue weighted by Gasteiger charge is 2.48. The van der Waals surface area contributed by atoms with Gasteiger partial charge >= 0.3 is 5.97 Å². The smallest absolute Gasteiger partial charge is 0.378 e. The molecule has 17 heavy (non-hydrogen) atoms. The third-order valence-corrected chi connectivity index (χ3v) is 2.25. The van der Waals surface area contributed by atoms with Crippen LogP contribution in [-0.4, -0.2) is 76.4 Å². The maximum Gasteiger partial charge on any atom is 0.378 e. The Morgan fingerprint density at radius 1 is 1.24 bits per heavy atom. The molecule has 4 unspecified atom stereocenters. The molecule has 0 aromatic heterocycles. The van der Waals surface area contributed by atoms with Gasteiger partial charge in [0.05, 0.1) is 19.8 Å². The van der Waals surface area contributed by atoms with E-state index in [1.807, 2.05) is 0 Å². The van der Waals surface area contributed by atoms with E-state index in [0.717, 1.165) is 0 Å². The van der Waals surface area contributed by atoms with E-state index in [9.17, 15) is 14.7 Å². The minimum atomic E-state index is -1.44. The molecular weight excluding hydrogens is 236 g/mol.